The highest BCUT2D eigenvalue weighted by Gasteiger charge is 2.40. The Balaban J connectivity index is 2.00. The summed E-state index contributed by atoms with van der Waals surface area (Å²) in [5.74, 6) is -1.10. The Kier molecular flexibility index (Phi) is 2.95. The number of benzene rings is 1. The highest BCUT2D eigenvalue weighted by Crippen LogP contribution is 2.31. The molecule has 2 N–H and O–H groups in total. The van der Waals surface area contributed by atoms with E-state index < -0.39 is 17.2 Å². The lowest BCUT2D eigenvalue weighted by Crippen LogP contribution is -2.56. The van der Waals surface area contributed by atoms with Gasteiger partial charge < -0.3 is 10.4 Å². The molecule has 0 amide bonds. The highest BCUT2D eigenvalue weighted by molar-refractivity contribution is 5.19. The van der Waals surface area contributed by atoms with Crippen LogP contribution in [-0.4, -0.2) is 16.7 Å². The molecule has 0 unspecified atom stereocenters. The Hall–Kier alpha value is -1.00. The largest absolute Gasteiger partial charge is 0.389 e. The van der Waals surface area contributed by atoms with Crippen LogP contribution >= 0.6 is 0 Å². The minimum absolute atomic E-state index is 0.0326. The van der Waals surface area contributed by atoms with E-state index in [1.807, 2.05) is 0 Å². The summed E-state index contributed by atoms with van der Waals surface area (Å²) in [7, 11) is 0. The monoisotopic (exact) mass is 227 g/mol. The van der Waals surface area contributed by atoms with Gasteiger partial charge in [-0.15, -0.1) is 0 Å². The highest BCUT2D eigenvalue weighted by atomic mass is 19.1. The van der Waals surface area contributed by atoms with Crippen molar-refractivity contribution in [2.75, 3.05) is 0 Å². The quantitative estimate of drug-likeness (QED) is 0.827. The second-order valence-electron chi connectivity index (χ2n) is 4.53. The van der Waals surface area contributed by atoms with Crippen LogP contribution in [-0.2, 0) is 6.54 Å². The average molecular weight is 227 g/mol. The van der Waals surface area contributed by atoms with Crippen LogP contribution in [0.15, 0.2) is 18.2 Å². The minimum atomic E-state index is -0.748. The first-order valence-corrected chi connectivity index (χ1v) is 5.39. The van der Waals surface area contributed by atoms with E-state index in [1.54, 1.807) is 6.92 Å². The molecule has 1 aromatic carbocycles. The zero-order valence-electron chi connectivity index (χ0n) is 9.13. The van der Waals surface area contributed by atoms with Gasteiger partial charge in [-0.25, -0.2) is 8.78 Å². The van der Waals surface area contributed by atoms with Gasteiger partial charge in [0.25, 0.3) is 0 Å². The first kappa shape index (κ1) is 11.5. The van der Waals surface area contributed by atoms with E-state index in [2.05, 4.69) is 5.32 Å². The molecule has 2 nitrogen and oxygen atoms in total. The van der Waals surface area contributed by atoms with Crippen LogP contribution in [0.2, 0.25) is 0 Å². The summed E-state index contributed by atoms with van der Waals surface area (Å²) in [6, 6.07) is 3.73. The van der Waals surface area contributed by atoms with Crippen molar-refractivity contribution in [3.05, 3.63) is 35.4 Å². The molecule has 1 saturated carbocycles. The van der Waals surface area contributed by atoms with Gasteiger partial charge in [0.05, 0.1) is 5.60 Å². The van der Waals surface area contributed by atoms with Crippen molar-refractivity contribution in [3.63, 3.8) is 0 Å². The van der Waals surface area contributed by atoms with Crippen molar-refractivity contribution in [3.8, 4) is 0 Å². The zero-order chi connectivity index (χ0) is 11.8. The number of aliphatic hydroxyl groups is 1. The van der Waals surface area contributed by atoms with E-state index in [0.29, 0.717) is 0 Å². The maximum Gasteiger partial charge on any atom is 0.130 e. The Morgan fingerprint density at radius 3 is 2.50 bits per heavy atom. The summed E-state index contributed by atoms with van der Waals surface area (Å²) in [4.78, 5) is 0. The van der Waals surface area contributed by atoms with Crippen LogP contribution in [0.5, 0.6) is 0 Å². The molecule has 0 aliphatic heterocycles. The second-order valence-corrected chi connectivity index (χ2v) is 4.53. The molecule has 0 aromatic heterocycles. The molecule has 1 aliphatic rings. The Morgan fingerprint density at radius 2 is 2.06 bits per heavy atom. The summed E-state index contributed by atoms with van der Waals surface area (Å²) in [5.41, 5.74) is -0.716. The van der Waals surface area contributed by atoms with Gasteiger partial charge in [-0.2, -0.15) is 0 Å². The maximum atomic E-state index is 13.3. The van der Waals surface area contributed by atoms with Crippen LogP contribution in [0.25, 0.3) is 0 Å². The van der Waals surface area contributed by atoms with Crippen molar-refractivity contribution in [2.24, 2.45) is 0 Å². The molecule has 2 rings (SSSR count). The molecule has 0 radical (unpaired) electrons. The summed E-state index contributed by atoms with van der Waals surface area (Å²) in [5, 5.41) is 12.7. The Bertz CT molecular complexity index is 372. The molecule has 2 atom stereocenters. The summed E-state index contributed by atoms with van der Waals surface area (Å²) >= 11 is 0. The molecule has 1 fully saturated rings. The summed E-state index contributed by atoms with van der Waals surface area (Å²) < 4.78 is 26.5. The molecule has 0 bridgehead atoms. The molecule has 88 valence electrons. The number of rotatable bonds is 3. The fraction of sp³-hybridized carbons (Fsp3) is 0.500. The van der Waals surface area contributed by atoms with Gasteiger partial charge >= 0.3 is 0 Å². The van der Waals surface area contributed by atoms with E-state index in [-0.39, 0.29) is 18.2 Å². The molecule has 16 heavy (non-hydrogen) atoms. The van der Waals surface area contributed by atoms with Gasteiger partial charge in [-0.1, -0.05) is 6.07 Å². The molecule has 1 aromatic rings. The fourth-order valence-corrected chi connectivity index (χ4v) is 1.95. The summed E-state index contributed by atoms with van der Waals surface area (Å²) in [6.45, 7) is 1.84. The van der Waals surface area contributed by atoms with Gasteiger partial charge in [0, 0.05) is 18.2 Å². The van der Waals surface area contributed by atoms with Crippen LogP contribution in [0.1, 0.15) is 25.3 Å². The lowest BCUT2D eigenvalue weighted by atomic mass is 9.76. The molecule has 1 aliphatic carbocycles. The standard InChI is InChI=1S/C12H15F2NO/c1-12(16)6-5-11(12)15-7-8-9(13)3-2-4-10(8)14/h2-4,11,15-16H,5-7H2,1H3/t11-,12-/m0/s1. The third-order valence-corrected chi connectivity index (χ3v) is 3.28. The maximum absolute atomic E-state index is 13.3. The van der Waals surface area contributed by atoms with Gasteiger partial charge in [0.2, 0.25) is 0 Å². The molecular formula is C12H15F2NO. The van der Waals surface area contributed by atoms with E-state index in [1.165, 1.54) is 18.2 Å². The Morgan fingerprint density at radius 1 is 1.44 bits per heavy atom. The van der Waals surface area contributed by atoms with Crippen molar-refractivity contribution in [1.82, 2.24) is 5.32 Å². The van der Waals surface area contributed by atoms with E-state index in [0.717, 1.165) is 12.8 Å². The number of hydrogen-bond donors (Lipinski definition) is 2. The van der Waals surface area contributed by atoms with Gasteiger partial charge in [-0.05, 0) is 31.9 Å². The van der Waals surface area contributed by atoms with Crippen molar-refractivity contribution in [1.29, 1.82) is 0 Å². The molecule has 0 spiro atoms. The van der Waals surface area contributed by atoms with Gasteiger partial charge in [0.15, 0.2) is 0 Å². The number of hydrogen-bond acceptors (Lipinski definition) is 2. The van der Waals surface area contributed by atoms with Crippen molar-refractivity contribution in [2.45, 2.75) is 38.0 Å². The second kappa shape index (κ2) is 4.11. The Labute approximate surface area is 93.3 Å². The normalized spacial score (nSPS) is 28.9. The predicted molar refractivity (Wildman–Crippen MR) is 56.8 cm³/mol. The van der Waals surface area contributed by atoms with E-state index in [4.69, 9.17) is 0 Å². The van der Waals surface area contributed by atoms with Gasteiger partial charge in [-0.3, -0.25) is 0 Å². The zero-order valence-corrected chi connectivity index (χ0v) is 9.13. The third kappa shape index (κ3) is 2.08. The fourth-order valence-electron chi connectivity index (χ4n) is 1.95. The molecular weight excluding hydrogens is 212 g/mol. The van der Waals surface area contributed by atoms with Crippen LogP contribution in [0.3, 0.4) is 0 Å². The van der Waals surface area contributed by atoms with Crippen LogP contribution in [0.4, 0.5) is 8.78 Å². The van der Waals surface area contributed by atoms with Crippen LogP contribution < -0.4 is 5.32 Å². The van der Waals surface area contributed by atoms with E-state index >= 15 is 0 Å². The van der Waals surface area contributed by atoms with Crippen molar-refractivity contribution >= 4 is 0 Å². The topological polar surface area (TPSA) is 32.3 Å². The summed E-state index contributed by atoms with van der Waals surface area (Å²) in [6.07, 6.45) is 1.56. The predicted octanol–water partition coefficient (Wildman–Crippen LogP) is 1.97. The van der Waals surface area contributed by atoms with Crippen molar-refractivity contribution < 1.29 is 13.9 Å². The SMILES string of the molecule is C[C@]1(O)CC[C@@H]1NCc1c(F)cccc1F. The lowest BCUT2D eigenvalue weighted by molar-refractivity contribution is -0.0524. The van der Waals surface area contributed by atoms with E-state index in [9.17, 15) is 13.9 Å². The molecule has 0 heterocycles. The first-order chi connectivity index (χ1) is 7.50. The minimum Gasteiger partial charge on any atom is -0.389 e. The van der Waals surface area contributed by atoms with Gasteiger partial charge in [0.1, 0.15) is 11.6 Å². The molecule has 4 heteroatoms. The molecule has 0 saturated heterocycles. The number of nitrogens with one attached hydrogen (secondary N) is 1. The average Bonchev–Trinajstić information content (AvgIpc) is 2.21. The first-order valence-electron chi connectivity index (χ1n) is 5.39. The number of halogens is 2. The smallest absolute Gasteiger partial charge is 0.130 e. The van der Waals surface area contributed by atoms with Crippen LogP contribution in [0, 0.1) is 11.6 Å². The third-order valence-electron chi connectivity index (χ3n) is 3.28. The lowest BCUT2D eigenvalue weighted by Gasteiger charge is -2.43.